The summed E-state index contributed by atoms with van der Waals surface area (Å²) < 4.78 is 6.25. The van der Waals surface area contributed by atoms with Crippen molar-refractivity contribution in [3.8, 4) is 5.75 Å². The van der Waals surface area contributed by atoms with Crippen LogP contribution in [0.1, 0.15) is 25.5 Å². The third-order valence-electron chi connectivity index (χ3n) is 3.76. The molecule has 26 heavy (non-hydrogen) atoms. The number of nitrogens with zero attached hydrogens (tertiary/aromatic N) is 2. The first-order valence-corrected chi connectivity index (χ1v) is 10.2. The Kier molecular flexibility index (Phi) is 6.16. The van der Waals surface area contributed by atoms with E-state index in [0.29, 0.717) is 51.3 Å². The summed E-state index contributed by atoms with van der Waals surface area (Å²) in [4.78, 5) is 30.3. The van der Waals surface area contributed by atoms with Crippen LogP contribution in [0.5, 0.6) is 5.75 Å². The quantitative estimate of drug-likeness (QED) is 0.702. The van der Waals surface area contributed by atoms with Crippen molar-refractivity contribution >= 4 is 61.5 Å². The molecule has 0 unspecified atom stereocenters. The van der Waals surface area contributed by atoms with E-state index in [0.717, 1.165) is 6.42 Å². The molecule has 0 aliphatic carbocycles. The maximum atomic E-state index is 12.4. The largest absolute Gasteiger partial charge is 0.491 e. The van der Waals surface area contributed by atoms with Crippen molar-refractivity contribution in [2.24, 2.45) is 0 Å². The van der Waals surface area contributed by atoms with Crippen LogP contribution in [-0.2, 0) is 16.0 Å². The highest BCUT2D eigenvalue weighted by Crippen LogP contribution is 2.36. The summed E-state index contributed by atoms with van der Waals surface area (Å²) in [5.41, 5.74) is 1.13. The van der Waals surface area contributed by atoms with Crippen molar-refractivity contribution in [2.45, 2.75) is 26.2 Å². The van der Waals surface area contributed by atoms with Crippen LogP contribution in [0.2, 0.25) is 5.02 Å². The Balaban J connectivity index is 1.70. The lowest BCUT2D eigenvalue weighted by Gasteiger charge is -2.13. The van der Waals surface area contributed by atoms with E-state index in [1.807, 2.05) is 6.92 Å². The Morgan fingerprint density at radius 3 is 3.00 bits per heavy atom. The molecule has 2 heterocycles. The Labute approximate surface area is 168 Å². The Bertz CT molecular complexity index is 843. The minimum Gasteiger partial charge on any atom is -0.491 e. The van der Waals surface area contributed by atoms with Gasteiger partial charge in [-0.05, 0) is 41.4 Å². The molecule has 0 spiro atoms. The standard InChI is InChI=1S/C17H17BrClN3O3S/c1-2-25-16-12(18)6-10(19)7-13(16)21-14(23)8-11-9-26-17(20-11)22-5-3-4-15(22)24/h6-7,9H,2-5,8H2,1H3,(H,21,23). The summed E-state index contributed by atoms with van der Waals surface area (Å²) in [6.07, 6.45) is 1.51. The summed E-state index contributed by atoms with van der Waals surface area (Å²) in [5.74, 6) is 0.386. The fourth-order valence-corrected chi connectivity index (χ4v) is 4.45. The average molecular weight is 459 g/mol. The van der Waals surface area contributed by atoms with Gasteiger partial charge in [-0.2, -0.15) is 0 Å². The van der Waals surface area contributed by atoms with Gasteiger partial charge in [0, 0.05) is 23.4 Å². The van der Waals surface area contributed by atoms with Crippen LogP contribution in [0.25, 0.3) is 0 Å². The number of nitrogens with one attached hydrogen (secondary N) is 1. The van der Waals surface area contributed by atoms with Gasteiger partial charge in [-0.1, -0.05) is 11.6 Å². The van der Waals surface area contributed by atoms with Crippen LogP contribution in [0.4, 0.5) is 10.8 Å². The molecular weight excluding hydrogens is 442 g/mol. The van der Waals surface area contributed by atoms with Gasteiger partial charge in [0.25, 0.3) is 0 Å². The maximum Gasteiger partial charge on any atom is 0.230 e. The molecule has 0 atom stereocenters. The van der Waals surface area contributed by atoms with Crippen LogP contribution >= 0.6 is 38.9 Å². The third kappa shape index (κ3) is 4.36. The second-order valence-corrected chi connectivity index (χ2v) is 7.82. The number of carbonyl (C=O) groups excluding carboxylic acids is 2. The molecule has 0 saturated carbocycles. The second kappa shape index (κ2) is 8.37. The van der Waals surface area contributed by atoms with E-state index >= 15 is 0 Å². The lowest BCUT2D eigenvalue weighted by atomic mass is 10.2. The first-order chi connectivity index (χ1) is 12.5. The number of rotatable bonds is 6. The van der Waals surface area contributed by atoms with Gasteiger partial charge in [0.15, 0.2) is 10.9 Å². The lowest BCUT2D eigenvalue weighted by Crippen LogP contribution is -2.23. The Hall–Kier alpha value is -1.64. The van der Waals surface area contributed by atoms with E-state index in [1.54, 1.807) is 22.4 Å². The number of amides is 2. The minimum absolute atomic E-state index is 0.0838. The average Bonchev–Trinajstić information content (AvgIpc) is 3.19. The molecule has 0 radical (unpaired) electrons. The number of carbonyl (C=O) groups is 2. The van der Waals surface area contributed by atoms with Gasteiger partial charge in [-0.15, -0.1) is 11.3 Å². The van der Waals surface area contributed by atoms with E-state index in [-0.39, 0.29) is 18.2 Å². The molecular formula is C17H17BrClN3O3S. The van der Waals surface area contributed by atoms with Crippen molar-refractivity contribution in [3.63, 3.8) is 0 Å². The van der Waals surface area contributed by atoms with Crippen LogP contribution in [0.15, 0.2) is 22.0 Å². The van der Waals surface area contributed by atoms with E-state index in [2.05, 4.69) is 26.2 Å². The molecule has 9 heteroatoms. The van der Waals surface area contributed by atoms with Crippen LogP contribution in [-0.4, -0.2) is 29.9 Å². The fraction of sp³-hybridized carbons (Fsp3) is 0.353. The maximum absolute atomic E-state index is 12.4. The Morgan fingerprint density at radius 2 is 2.31 bits per heavy atom. The zero-order valence-electron chi connectivity index (χ0n) is 14.1. The lowest BCUT2D eigenvalue weighted by molar-refractivity contribution is -0.117. The molecule has 1 aliphatic rings. The summed E-state index contributed by atoms with van der Waals surface area (Å²) in [6.45, 7) is 3.01. The topological polar surface area (TPSA) is 71.5 Å². The SMILES string of the molecule is CCOc1c(Br)cc(Cl)cc1NC(=O)Cc1csc(N2CCCC2=O)n1. The number of hydrogen-bond donors (Lipinski definition) is 1. The minimum atomic E-state index is -0.232. The zero-order chi connectivity index (χ0) is 18.7. The highest BCUT2D eigenvalue weighted by atomic mass is 79.9. The first-order valence-electron chi connectivity index (χ1n) is 8.14. The molecule has 0 bridgehead atoms. The van der Waals surface area contributed by atoms with Crippen molar-refractivity contribution in [3.05, 3.63) is 32.7 Å². The molecule has 6 nitrogen and oxygen atoms in total. The summed E-state index contributed by atoms with van der Waals surface area (Å²) in [5, 5.41) is 5.76. The van der Waals surface area contributed by atoms with Gasteiger partial charge in [0.1, 0.15) is 0 Å². The normalized spacial score (nSPS) is 14.0. The number of anilines is 2. The number of thiazole rings is 1. The molecule has 138 valence electrons. The zero-order valence-corrected chi connectivity index (χ0v) is 17.2. The van der Waals surface area contributed by atoms with E-state index in [9.17, 15) is 9.59 Å². The third-order valence-corrected chi connectivity index (χ3v) is 5.48. The molecule has 1 saturated heterocycles. The van der Waals surface area contributed by atoms with Crippen LogP contribution in [0.3, 0.4) is 0 Å². The molecule has 1 fully saturated rings. The highest BCUT2D eigenvalue weighted by molar-refractivity contribution is 9.10. The number of hydrogen-bond acceptors (Lipinski definition) is 5. The molecule has 1 aromatic heterocycles. The Morgan fingerprint density at radius 1 is 1.50 bits per heavy atom. The van der Waals surface area contributed by atoms with Gasteiger partial charge in [-0.3, -0.25) is 14.5 Å². The second-order valence-electron chi connectivity index (χ2n) is 5.69. The fourth-order valence-electron chi connectivity index (χ4n) is 2.65. The van der Waals surface area contributed by atoms with Crippen LogP contribution in [0, 0.1) is 0 Å². The summed E-state index contributed by atoms with van der Waals surface area (Å²) >= 11 is 10.8. The summed E-state index contributed by atoms with van der Waals surface area (Å²) in [7, 11) is 0. The molecule has 3 rings (SSSR count). The predicted molar refractivity (Wildman–Crippen MR) is 106 cm³/mol. The number of ether oxygens (including phenoxy) is 1. The molecule has 2 amide bonds. The van der Waals surface area contributed by atoms with Crippen molar-refractivity contribution < 1.29 is 14.3 Å². The molecule has 1 N–H and O–H groups in total. The van der Waals surface area contributed by atoms with E-state index in [4.69, 9.17) is 16.3 Å². The van der Waals surface area contributed by atoms with Crippen molar-refractivity contribution in [2.75, 3.05) is 23.4 Å². The summed E-state index contributed by atoms with van der Waals surface area (Å²) in [6, 6.07) is 3.35. The van der Waals surface area contributed by atoms with Gasteiger partial charge in [0.2, 0.25) is 11.8 Å². The van der Waals surface area contributed by atoms with Gasteiger partial charge < -0.3 is 10.1 Å². The predicted octanol–water partition coefficient (Wildman–Crippen LogP) is 4.27. The monoisotopic (exact) mass is 457 g/mol. The van der Waals surface area contributed by atoms with E-state index < -0.39 is 0 Å². The van der Waals surface area contributed by atoms with E-state index in [1.165, 1.54) is 11.3 Å². The van der Waals surface area contributed by atoms with Crippen molar-refractivity contribution in [1.29, 1.82) is 0 Å². The molecule has 1 aromatic carbocycles. The van der Waals surface area contributed by atoms with Gasteiger partial charge in [0.05, 0.1) is 28.9 Å². The highest BCUT2D eigenvalue weighted by Gasteiger charge is 2.24. The first kappa shape index (κ1) is 19.1. The number of halogens is 2. The molecule has 1 aliphatic heterocycles. The van der Waals surface area contributed by atoms with Crippen LogP contribution < -0.4 is 15.0 Å². The number of benzene rings is 1. The smallest absolute Gasteiger partial charge is 0.230 e. The van der Waals surface area contributed by atoms with Gasteiger partial charge >= 0.3 is 0 Å². The van der Waals surface area contributed by atoms with Gasteiger partial charge in [-0.25, -0.2) is 4.98 Å². The number of aromatic nitrogens is 1. The molecule has 2 aromatic rings. The van der Waals surface area contributed by atoms with Crippen molar-refractivity contribution in [1.82, 2.24) is 4.98 Å².